The van der Waals surface area contributed by atoms with E-state index in [0.29, 0.717) is 17.2 Å². The van der Waals surface area contributed by atoms with Crippen LogP contribution in [-0.4, -0.2) is 26.7 Å². The standard InChI is InChI=1S/C18H22N2O3/c1-12-6-5-7-13(2)18(12)19-11-17(21)20-14-8-9-15(22-3)16(10-14)23-4/h5-10,19H,11H2,1-4H3,(H,20,21). The zero-order valence-electron chi connectivity index (χ0n) is 13.9. The van der Waals surface area contributed by atoms with Gasteiger partial charge in [-0.2, -0.15) is 0 Å². The van der Waals surface area contributed by atoms with Crippen molar-refractivity contribution in [3.8, 4) is 11.5 Å². The lowest BCUT2D eigenvalue weighted by molar-refractivity contribution is -0.114. The predicted octanol–water partition coefficient (Wildman–Crippen LogP) is 3.37. The molecule has 2 aromatic rings. The first kappa shape index (κ1) is 16.7. The minimum atomic E-state index is -0.125. The van der Waals surface area contributed by atoms with E-state index >= 15 is 0 Å². The number of amides is 1. The van der Waals surface area contributed by atoms with Crippen molar-refractivity contribution in [3.63, 3.8) is 0 Å². The summed E-state index contributed by atoms with van der Waals surface area (Å²) in [5.74, 6) is 1.08. The molecular formula is C18H22N2O3. The number of nitrogens with one attached hydrogen (secondary N) is 2. The number of aryl methyl sites for hydroxylation is 2. The second-order valence-corrected chi connectivity index (χ2v) is 5.24. The van der Waals surface area contributed by atoms with Gasteiger partial charge in [0, 0.05) is 17.4 Å². The molecule has 0 aromatic heterocycles. The molecule has 0 spiro atoms. The molecule has 5 heteroatoms. The van der Waals surface area contributed by atoms with Crippen molar-refractivity contribution in [3.05, 3.63) is 47.5 Å². The van der Waals surface area contributed by atoms with Gasteiger partial charge in [-0.25, -0.2) is 0 Å². The van der Waals surface area contributed by atoms with Crippen LogP contribution in [-0.2, 0) is 4.79 Å². The Bertz CT molecular complexity index is 678. The van der Waals surface area contributed by atoms with Gasteiger partial charge in [-0.1, -0.05) is 18.2 Å². The maximum atomic E-state index is 12.1. The first-order chi connectivity index (χ1) is 11.0. The lowest BCUT2D eigenvalue weighted by atomic mass is 10.1. The van der Waals surface area contributed by atoms with Gasteiger partial charge in [-0.05, 0) is 37.1 Å². The summed E-state index contributed by atoms with van der Waals surface area (Å²) in [6.45, 7) is 4.23. The monoisotopic (exact) mass is 314 g/mol. The Morgan fingerprint density at radius 3 is 2.26 bits per heavy atom. The van der Waals surface area contributed by atoms with E-state index in [-0.39, 0.29) is 12.5 Å². The van der Waals surface area contributed by atoms with Crippen LogP contribution >= 0.6 is 0 Å². The highest BCUT2D eigenvalue weighted by Crippen LogP contribution is 2.29. The average Bonchev–Trinajstić information content (AvgIpc) is 2.54. The highest BCUT2D eigenvalue weighted by molar-refractivity contribution is 5.94. The summed E-state index contributed by atoms with van der Waals surface area (Å²) in [4.78, 5) is 12.1. The molecule has 0 aliphatic carbocycles. The highest BCUT2D eigenvalue weighted by atomic mass is 16.5. The van der Waals surface area contributed by atoms with E-state index in [0.717, 1.165) is 16.8 Å². The first-order valence-electron chi connectivity index (χ1n) is 7.37. The average molecular weight is 314 g/mol. The maximum absolute atomic E-state index is 12.1. The molecule has 0 bridgehead atoms. The molecule has 2 rings (SSSR count). The summed E-state index contributed by atoms with van der Waals surface area (Å²) in [6, 6.07) is 11.3. The van der Waals surface area contributed by atoms with Gasteiger partial charge in [0.1, 0.15) is 0 Å². The molecule has 0 atom stereocenters. The summed E-state index contributed by atoms with van der Waals surface area (Å²) >= 11 is 0. The zero-order valence-corrected chi connectivity index (χ0v) is 13.9. The van der Waals surface area contributed by atoms with E-state index in [1.54, 1.807) is 32.4 Å². The van der Waals surface area contributed by atoms with Gasteiger partial charge in [0.25, 0.3) is 0 Å². The fourth-order valence-corrected chi connectivity index (χ4v) is 2.38. The first-order valence-corrected chi connectivity index (χ1v) is 7.37. The minimum Gasteiger partial charge on any atom is -0.493 e. The second kappa shape index (κ2) is 7.54. The number of hydrogen-bond donors (Lipinski definition) is 2. The molecule has 5 nitrogen and oxygen atoms in total. The van der Waals surface area contributed by atoms with Gasteiger partial charge in [0.15, 0.2) is 11.5 Å². The van der Waals surface area contributed by atoms with Crippen molar-refractivity contribution >= 4 is 17.3 Å². The Morgan fingerprint density at radius 2 is 1.65 bits per heavy atom. The van der Waals surface area contributed by atoms with E-state index < -0.39 is 0 Å². The molecule has 23 heavy (non-hydrogen) atoms. The predicted molar refractivity (Wildman–Crippen MR) is 92.6 cm³/mol. The Morgan fingerprint density at radius 1 is 1.00 bits per heavy atom. The minimum absolute atomic E-state index is 0.125. The molecule has 2 aromatic carbocycles. The number of methoxy groups -OCH3 is 2. The van der Waals surface area contributed by atoms with Crippen LogP contribution < -0.4 is 20.1 Å². The second-order valence-electron chi connectivity index (χ2n) is 5.24. The molecule has 0 aliphatic heterocycles. The van der Waals surface area contributed by atoms with Crippen LogP contribution in [0, 0.1) is 13.8 Å². The van der Waals surface area contributed by atoms with Gasteiger partial charge in [0.05, 0.1) is 20.8 Å². The molecule has 122 valence electrons. The van der Waals surface area contributed by atoms with Crippen molar-refractivity contribution in [2.45, 2.75) is 13.8 Å². The fraction of sp³-hybridized carbons (Fsp3) is 0.278. The number of para-hydroxylation sites is 1. The lowest BCUT2D eigenvalue weighted by Gasteiger charge is -2.13. The topological polar surface area (TPSA) is 59.6 Å². The molecule has 0 saturated carbocycles. The number of benzene rings is 2. The summed E-state index contributed by atoms with van der Waals surface area (Å²) in [7, 11) is 3.14. The molecule has 0 aliphatic rings. The van der Waals surface area contributed by atoms with Crippen LogP contribution in [0.3, 0.4) is 0 Å². The van der Waals surface area contributed by atoms with Crippen LogP contribution in [0.5, 0.6) is 11.5 Å². The SMILES string of the molecule is COc1ccc(NC(=O)CNc2c(C)cccc2C)cc1OC. The van der Waals surface area contributed by atoms with Crippen LogP contribution in [0.4, 0.5) is 11.4 Å². The van der Waals surface area contributed by atoms with E-state index in [1.807, 2.05) is 32.0 Å². The summed E-state index contributed by atoms with van der Waals surface area (Å²) < 4.78 is 10.4. The number of carbonyl (C=O) groups is 1. The molecule has 0 fully saturated rings. The van der Waals surface area contributed by atoms with Crippen LogP contribution in [0.2, 0.25) is 0 Å². The van der Waals surface area contributed by atoms with Crippen LogP contribution in [0.25, 0.3) is 0 Å². The summed E-state index contributed by atoms with van der Waals surface area (Å²) in [6.07, 6.45) is 0. The van der Waals surface area contributed by atoms with E-state index in [4.69, 9.17) is 9.47 Å². The van der Waals surface area contributed by atoms with E-state index in [2.05, 4.69) is 10.6 Å². The fourth-order valence-electron chi connectivity index (χ4n) is 2.38. The highest BCUT2D eigenvalue weighted by Gasteiger charge is 2.08. The van der Waals surface area contributed by atoms with Gasteiger partial charge >= 0.3 is 0 Å². The largest absolute Gasteiger partial charge is 0.493 e. The summed E-state index contributed by atoms with van der Waals surface area (Å²) in [5, 5.41) is 6.02. The number of hydrogen-bond acceptors (Lipinski definition) is 4. The Labute approximate surface area is 136 Å². The molecule has 0 unspecified atom stereocenters. The molecule has 0 radical (unpaired) electrons. The molecule has 0 heterocycles. The van der Waals surface area contributed by atoms with Gasteiger partial charge in [-0.3, -0.25) is 4.79 Å². The van der Waals surface area contributed by atoms with Gasteiger partial charge in [-0.15, -0.1) is 0 Å². The zero-order chi connectivity index (χ0) is 16.8. The van der Waals surface area contributed by atoms with Crippen LogP contribution in [0.15, 0.2) is 36.4 Å². The quantitative estimate of drug-likeness (QED) is 0.858. The Kier molecular flexibility index (Phi) is 5.46. The van der Waals surface area contributed by atoms with Gasteiger partial charge in [0.2, 0.25) is 5.91 Å². The third kappa shape index (κ3) is 4.16. The lowest BCUT2D eigenvalue weighted by Crippen LogP contribution is -2.22. The molecule has 2 N–H and O–H groups in total. The Balaban J connectivity index is 2.00. The third-order valence-corrected chi connectivity index (χ3v) is 3.57. The maximum Gasteiger partial charge on any atom is 0.243 e. The van der Waals surface area contributed by atoms with Crippen LogP contribution in [0.1, 0.15) is 11.1 Å². The number of rotatable bonds is 6. The van der Waals surface area contributed by atoms with Crippen molar-refractivity contribution in [2.75, 3.05) is 31.4 Å². The summed E-state index contributed by atoms with van der Waals surface area (Å²) in [5.41, 5.74) is 3.89. The van der Waals surface area contributed by atoms with Crippen molar-refractivity contribution < 1.29 is 14.3 Å². The van der Waals surface area contributed by atoms with Crippen molar-refractivity contribution in [2.24, 2.45) is 0 Å². The number of carbonyl (C=O) groups excluding carboxylic acids is 1. The number of ether oxygens (including phenoxy) is 2. The normalized spacial score (nSPS) is 10.1. The van der Waals surface area contributed by atoms with Gasteiger partial charge < -0.3 is 20.1 Å². The Hall–Kier alpha value is -2.69. The smallest absolute Gasteiger partial charge is 0.243 e. The molecular weight excluding hydrogens is 292 g/mol. The van der Waals surface area contributed by atoms with Crippen molar-refractivity contribution in [1.29, 1.82) is 0 Å². The molecule has 1 amide bonds. The van der Waals surface area contributed by atoms with E-state index in [1.165, 1.54) is 0 Å². The van der Waals surface area contributed by atoms with E-state index in [9.17, 15) is 4.79 Å². The number of anilines is 2. The molecule has 0 saturated heterocycles. The van der Waals surface area contributed by atoms with Crippen molar-refractivity contribution in [1.82, 2.24) is 0 Å². The third-order valence-electron chi connectivity index (χ3n) is 3.57.